The first-order chi connectivity index (χ1) is 10.3. The highest BCUT2D eigenvalue weighted by Crippen LogP contribution is 2.35. The highest BCUT2D eigenvalue weighted by atomic mass is 35.5. The van der Waals surface area contributed by atoms with Crippen LogP contribution in [0.1, 0.15) is 17.3 Å². The minimum atomic E-state index is -4.09. The Morgan fingerprint density at radius 2 is 1.86 bits per heavy atom. The molecule has 0 spiro atoms. The molecule has 5 nitrogen and oxygen atoms in total. The van der Waals surface area contributed by atoms with Gasteiger partial charge in [-0.3, -0.25) is 0 Å². The van der Waals surface area contributed by atoms with Crippen LogP contribution in [-0.4, -0.2) is 21.0 Å². The summed E-state index contributed by atoms with van der Waals surface area (Å²) in [6.07, 6.45) is 0. The van der Waals surface area contributed by atoms with Crippen molar-refractivity contribution < 1.29 is 22.1 Å². The van der Waals surface area contributed by atoms with Crippen LogP contribution in [-0.2, 0) is 14.9 Å². The van der Waals surface area contributed by atoms with Gasteiger partial charge in [0.05, 0.1) is 16.5 Å². The second-order valence-electron chi connectivity index (χ2n) is 3.97. The maximum absolute atomic E-state index is 12.1. The molecule has 1 aromatic heterocycles. The smallest absolute Gasteiger partial charge is 0.341 e. The molecule has 0 amide bonds. The molecule has 0 N–H and O–H groups in total. The number of benzene rings is 1. The molecular weight excluding hydrogens is 371 g/mol. The molecule has 0 aliphatic heterocycles. The number of halogens is 2. The summed E-state index contributed by atoms with van der Waals surface area (Å²) in [7, 11) is -4.09. The van der Waals surface area contributed by atoms with Crippen LogP contribution in [0.25, 0.3) is 0 Å². The van der Waals surface area contributed by atoms with Crippen molar-refractivity contribution in [1.82, 2.24) is 0 Å². The highest BCUT2D eigenvalue weighted by Gasteiger charge is 2.23. The molecule has 0 saturated carbocycles. The lowest BCUT2D eigenvalue weighted by atomic mass is 10.2. The molecule has 2 rings (SSSR count). The van der Waals surface area contributed by atoms with Crippen LogP contribution in [0, 0.1) is 0 Å². The van der Waals surface area contributed by atoms with E-state index in [-0.39, 0.29) is 25.9 Å². The van der Waals surface area contributed by atoms with Crippen LogP contribution < -0.4 is 4.18 Å². The van der Waals surface area contributed by atoms with Gasteiger partial charge in [-0.15, -0.1) is 11.3 Å². The molecule has 1 heterocycles. The Morgan fingerprint density at radius 3 is 2.36 bits per heavy atom. The molecule has 0 saturated heterocycles. The lowest BCUT2D eigenvalue weighted by molar-refractivity contribution is 0.0526. The van der Waals surface area contributed by atoms with E-state index in [9.17, 15) is 13.2 Å². The predicted molar refractivity (Wildman–Crippen MR) is 84.6 cm³/mol. The van der Waals surface area contributed by atoms with E-state index >= 15 is 0 Å². The Morgan fingerprint density at radius 1 is 1.23 bits per heavy atom. The number of hydrogen-bond donors (Lipinski definition) is 0. The molecule has 0 atom stereocenters. The number of esters is 1. The van der Waals surface area contributed by atoms with Crippen molar-refractivity contribution in [3.05, 3.63) is 44.6 Å². The first-order valence-corrected chi connectivity index (χ1v) is 8.98. The van der Waals surface area contributed by atoms with E-state index in [1.807, 2.05) is 0 Å². The Kier molecular flexibility index (Phi) is 5.33. The normalized spacial score (nSPS) is 11.2. The fourth-order valence-electron chi connectivity index (χ4n) is 1.53. The summed E-state index contributed by atoms with van der Waals surface area (Å²) < 4.78 is 34.3. The quantitative estimate of drug-likeness (QED) is 0.578. The Labute approximate surface area is 141 Å². The van der Waals surface area contributed by atoms with Gasteiger partial charge in [0.1, 0.15) is 15.0 Å². The number of carbonyl (C=O) groups excluding carboxylic acids is 1. The zero-order chi connectivity index (χ0) is 16.3. The van der Waals surface area contributed by atoms with Crippen LogP contribution in [0.15, 0.2) is 35.2 Å². The molecular formula is C13H10Cl2O5S2. The van der Waals surface area contributed by atoms with Crippen LogP contribution in [0.3, 0.4) is 0 Å². The number of carbonyl (C=O) groups is 1. The third kappa shape index (κ3) is 3.92. The van der Waals surface area contributed by atoms with Gasteiger partial charge in [-0.1, -0.05) is 23.2 Å². The van der Waals surface area contributed by atoms with E-state index in [0.717, 1.165) is 11.3 Å². The van der Waals surface area contributed by atoms with Crippen LogP contribution >= 0.6 is 34.5 Å². The molecule has 0 aliphatic rings. The molecule has 0 radical (unpaired) electrons. The van der Waals surface area contributed by atoms with Crippen molar-refractivity contribution in [2.75, 3.05) is 6.61 Å². The summed E-state index contributed by atoms with van der Waals surface area (Å²) >= 11 is 12.5. The van der Waals surface area contributed by atoms with E-state index in [2.05, 4.69) is 0 Å². The van der Waals surface area contributed by atoms with Crippen molar-refractivity contribution in [3.63, 3.8) is 0 Å². The lowest BCUT2D eigenvalue weighted by Crippen LogP contribution is -2.09. The first kappa shape index (κ1) is 17.1. The molecule has 2 aromatic rings. The summed E-state index contributed by atoms with van der Waals surface area (Å²) in [5.74, 6) is -0.448. The fraction of sp³-hybridized carbons (Fsp3) is 0.154. The van der Waals surface area contributed by atoms with Crippen molar-refractivity contribution in [1.29, 1.82) is 0 Å². The minimum Gasteiger partial charge on any atom is -0.462 e. The van der Waals surface area contributed by atoms with Crippen molar-refractivity contribution >= 4 is 50.6 Å². The number of hydrogen-bond acceptors (Lipinski definition) is 6. The van der Waals surface area contributed by atoms with Gasteiger partial charge in [-0.25, -0.2) is 4.79 Å². The number of ether oxygens (including phenoxy) is 1. The molecule has 9 heteroatoms. The molecule has 1 aromatic carbocycles. The predicted octanol–water partition coefficient (Wildman–Crippen LogP) is 4.00. The monoisotopic (exact) mass is 380 g/mol. The summed E-state index contributed by atoms with van der Waals surface area (Å²) in [6.45, 7) is 1.94. The van der Waals surface area contributed by atoms with Crippen LogP contribution in [0.5, 0.6) is 5.75 Å². The zero-order valence-corrected chi connectivity index (χ0v) is 14.4. The zero-order valence-electron chi connectivity index (χ0n) is 11.2. The van der Waals surface area contributed by atoms with Gasteiger partial charge in [0, 0.05) is 0 Å². The van der Waals surface area contributed by atoms with Crippen LogP contribution in [0.2, 0.25) is 8.67 Å². The third-order valence-corrected chi connectivity index (χ3v) is 5.47. The maximum Gasteiger partial charge on any atom is 0.341 e. The van der Waals surface area contributed by atoms with E-state index in [4.69, 9.17) is 32.1 Å². The highest BCUT2D eigenvalue weighted by molar-refractivity contribution is 7.87. The number of rotatable bonds is 5. The van der Waals surface area contributed by atoms with E-state index in [0.29, 0.717) is 5.56 Å². The van der Waals surface area contributed by atoms with E-state index in [1.54, 1.807) is 6.92 Å². The van der Waals surface area contributed by atoms with Gasteiger partial charge in [-0.2, -0.15) is 8.42 Å². The molecule has 0 fully saturated rings. The molecule has 22 heavy (non-hydrogen) atoms. The summed E-state index contributed by atoms with van der Waals surface area (Å²) in [5, 5.41) is 0. The average molecular weight is 381 g/mol. The molecule has 0 bridgehead atoms. The molecule has 118 valence electrons. The standard InChI is InChI=1S/C13H10Cl2O5S2/c1-2-19-13(16)8-3-5-9(6-4-8)20-22(17,18)10-7-11(14)21-12(10)15/h3-7H,2H2,1H3. The van der Waals surface area contributed by atoms with Gasteiger partial charge in [0.2, 0.25) is 0 Å². The SMILES string of the molecule is CCOC(=O)c1ccc(OS(=O)(=O)c2cc(Cl)sc2Cl)cc1. The minimum absolute atomic E-state index is 0.0214. The number of thiophene rings is 1. The largest absolute Gasteiger partial charge is 0.462 e. The van der Waals surface area contributed by atoms with Crippen molar-refractivity contribution in [2.45, 2.75) is 11.8 Å². The van der Waals surface area contributed by atoms with Gasteiger partial charge in [0.15, 0.2) is 0 Å². The van der Waals surface area contributed by atoms with Crippen LogP contribution in [0.4, 0.5) is 0 Å². The average Bonchev–Trinajstić information content (AvgIpc) is 2.79. The van der Waals surface area contributed by atoms with Gasteiger partial charge >= 0.3 is 16.1 Å². The van der Waals surface area contributed by atoms with Gasteiger partial charge in [0.25, 0.3) is 0 Å². The Balaban J connectivity index is 2.20. The van der Waals surface area contributed by atoms with E-state index < -0.39 is 16.1 Å². The van der Waals surface area contributed by atoms with Gasteiger partial charge < -0.3 is 8.92 Å². The van der Waals surface area contributed by atoms with Crippen molar-refractivity contribution in [3.8, 4) is 5.75 Å². The first-order valence-electron chi connectivity index (χ1n) is 6.00. The lowest BCUT2D eigenvalue weighted by Gasteiger charge is -2.07. The van der Waals surface area contributed by atoms with Crippen molar-refractivity contribution in [2.24, 2.45) is 0 Å². The topological polar surface area (TPSA) is 69.7 Å². The maximum atomic E-state index is 12.1. The molecule has 0 unspecified atom stereocenters. The summed E-state index contributed by atoms with van der Waals surface area (Å²) in [4.78, 5) is 11.3. The Bertz CT molecular complexity index is 781. The summed E-state index contributed by atoms with van der Waals surface area (Å²) in [6, 6.07) is 6.74. The second-order valence-corrected chi connectivity index (χ2v) is 7.77. The third-order valence-electron chi connectivity index (χ3n) is 2.47. The summed E-state index contributed by atoms with van der Waals surface area (Å²) in [5.41, 5.74) is 0.295. The van der Waals surface area contributed by atoms with Gasteiger partial charge in [-0.05, 0) is 37.3 Å². The Hall–Kier alpha value is -1.28. The van der Waals surface area contributed by atoms with E-state index in [1.165, 1.54) is 30.3 Å². The fourth-order valence-corrected chi connectivity index (χ4v) is 4.57. The second kappa shape index (κ2) is 6.87. The molecule has 0 aliphatic carbocycles.